The Hall–Kier alpha value is -0.790. The van der Waals surface area contributed by atoms with Crippen molar-refractivity contribution in [3.63, 3.8) is 0 Å². The van der Waals surface area contributed by atoms with Gasteiger partial charge in [0.1, 0.15) is 0 Å². The molecule has 1 unspecified atom stereocenters. The highest BCUT2D eigenvalue weighted by Crippen LogP contribution is 2.05. The van der Waals surface area contributed by atoms with Gasteiger partial charge in [0, 0.05) is 13.0 Å². The van der Waals surface area contributed by atoms with Crippen molar-refractivity contribution in [3.05, 3.63) is 12.7 Å². The van der Waals surface area contributed by atoms with Gasteiger partial charge in [0.15, 0.2) is 0 Å². The van der Waals surface area contributed by atoms with Crippen molar-refractivity contribution in [1.82, 2.24) is 5.32 Å². The molecule has 0 aliphatic heterocycles. The number of hydrogen-bond acceptors (Lipinski definition) is 1. The van der Waals surface area contributed by atoms with Gasteiger partial charge in [0.2, 0.25) is 5.91 Å². The molecule has 0 fully saturated rings. The fraction of sp³-hybridized carbons (Fsp3) is 0.700. The third kappa shape index (κ3) is 5.96. The molecule has 0 aliphatic carbocycles. The SMILES string of the molecule is C=CCCNC(=O)CC(C)CC. The van der Waals surface area contributed by atoms with E-state index in [0.717, 1.165) is 19.4 Å². The maximum absolute atomic E-state index is 11.1. The van der Waals surface area contributed by atoms with E-state index in [1.165, 1.54) is 0 Å². The van der Waals surface area contributed by atoms with E-state index in [1.54, 1.807) is 0 Å². The summed E-state index contributed by atoms with van der Waals surface area (Å²) in [6, 6.07) is 0. The van der Waals surface area contributed by atoms with E-state index in [4.69, 9.17) is 0 Å². The predicted molar refractivity (Wildman–Crippen MR) is 51.9 cm³/mol. The highest BCUT2D eigenvalue weighted by atomic mass is 16.1. The molecule has 70 valence electrons. The van der Waals surface area contributed by atoms with Crippen LogP contribution in [0.15, 0.2) is 12.7 Å². The summed E-state index contributed by atoms with van der Waals surface area (Å²) in [6.45, 7) is 8.49. The van der Waals surface area contributed by atoms with Gasteiger partial charge in [-0.15, -0.1) is 6.58 Å². The van der Waals surface area contributed by atoms with Crippen molar-refractivity contribution in [3.8, 4) is 0 Å². The summed E-state index contributed by atoms with van der Waals surface area (Å²) < 4.78 is 0. The molecule has 0 rings (SSSR count). The second-order valence-corrected chi connectivity index (χ2v) is 3.14. The Bertz CT molecular complexity index is 143. The van der Waals surface area contributed by atoms with E-state index in [0.29, 0.717) is 12.3 Å². The van der Waals surface area contributed by atoms with Crippen LogP contribution in [-0.2, 0) is 4.79 Å². The summed E-state index contributed by atoms with van der Waals surface area (Å²) in [4.78, 5) is 11.1. The van der Waals surface area contributed by atoms with E-state index in [-0.39, 0.29) is 5.91 Å². The number of carbonyl (C=O) groups is 1. The van der Waals surface area contributed by atoms with Crippen LogP contribution in [0.2, 0.25) is 0 Å². The van der Waals surface area contributed by atoms with E-state index in [2.05, 4.69) is 25.7 Å². The lowest BCUT2D eigenvalue weighted by atomic mass is 10.1. The second-order valence-electron chi connectivity index (χ2n) is 3.14. The number of carbonyl (C=O) groups excluding carboxylic acids is 1. The van der Waals surface area contributed by atoms with Crippen LogP contribution in [-0.4, -0.2) is 12.5 Å². The van der Waals surface area contributed by atoms with Crippen LogP contribution in [0.25, 0.3) is 0 Å². The molecule has 12 heavy (non-hydrogen) atoms. The van der Waals surface area contributed by atoms with E-state index >= 15 is 0 Å². The van der Waals surface area contributed by atoms with Gasteiger partial charge < -0.3 is 5.32 Å². The van der Waals surface area contributed by atoms with Crippen LogP contribution in [0.1, 0.15) is 33.1 Å². The molecule has 0 saturated heterocycles. The summed E-state index contributed by atoms with van der Waals surface area (Å²) in [5.74, 6) is 0.653. The molecule has 0 aromatic carbocycles. The minimum atomic E-state index is 0.159. The third-order valence-electron chi connectivity index (χ3n) is 1.90. The first-order valence-corrected chi connectivity index (χ1v) is 4.58. The summed E-state index contributed by atoms with van der Waals surface area (Å²) in [5, 5.41) is 2.84. The summed E-state index contributed by atoms with van der Waals surface area (Å²) in [6.07, 6.45) is 4.37. The smallest absolute Gasteiger partial charge is 0.220 e. The van der Waals surface area contributed by atoms with Crippen LogP contribution in [0.3, 0.4) is 0 Å². The Balaban J connectivity index is 3.39. The van der Waals surface area contributed by atoms with Crippen molar-refractivity contribution in [2.24, 2.45) is 5.92 Å². The van der Waals surface area contributed by atoms with Gasteiger partial charge in [-0.2, -0.15) is 0 Å². The minimum absolute atomic E-state index is 0.159. The standard InChI is InChI=1S/C10H19NO/c1-4-6-7-11-10(12)8-9(3)5-2/h4,9H,1,5-8H2,2-3H3,(H,11,12). The van der Waals surface area contributed by atoms with Crippen LogP contribution in [0.4, 0.5) is 0 Å². The predicted octanol–water partition coefficient (Wildman–Crippen LogP) is 2.11. The first kappa shape index (κ1) is 11.2. The lowest BCUT2D eigenvalue weighted by molar-refractivity contribution is -0.121. The van der Waals surface area contributed by atoms with E-state index < -0.39 is 0 Å². The van der Waals surface area contributed by atoms with E-state index in [9.17, 15) is 4.79 Å². The summed E-state index contributed by atoms with van der Waals surface area (Å²) in [7, 11) is 0. The van der Waals surface area contributed by atoms with Gasteiger partial charge in [0.05, 0.1) is 0 Å². The highest BCUT2D eigenvalue weighted by Gasteiger charge is 2.05. The molecule has 0 aromatic heterocycles. The van der Waals surface area contributed by atoms with Crippen LogP contribution in [0, 0.1) is 5.92 Å². The van der Waals surface area contributed by atoms with Crippen LogP contribution >= 0.6 is 0 Å². The van der Waals surface area contributed by atoms with Gasteiger partial charge in [-0.05, 0) is 12.3 Å². The highest BCUT2D eigenvalue weighted by molar-refractivity contribution is 5.76. The Labute approximate surface area is 75.0 Å². The number of rotatable bonds is 6. The fourth-order valence-electron chi connectivity index (χ4n) is 0.847. The molecule has 0 bridgehead atoms. The van der Waals surface area contributed by atoms with Crippen LogP contribution < -0.4 is 5.32 Å². The average molecular weight is 169 g/mol. The molecule has 0 saturated carbocycles. The van der Waals surface area contributed by atoms with Crippen molar-refractivity contribution >= 4 is 5.91 Å². The van der Waals surface area contributed by atoms with Crippen molar-refractivity contribution in [1.29, 1.82) is 0 Å². The normalized spacial score (nSPS) is 12.2. The Morgan fingerprint density at radius 1 is 1.67 bits per heavy atom. The first-order chi connectivity index (χ1) is 5.70. The van der Waals surface area contributed by atoms with Crippen molar-refractivity contribution < 1.29 is 4.79 Å². The molecular formula is C10H19NO. The van der Waals surface area contributed by atoms with Gasteiger partial charge >= 0.3 is 0 Å². The molecule has 1 amide bonds. The van der Waals surface area contributed by atoms with Crippen molar-refractivity contribution in [2.45, 2.75) is 33.1 Å². The molecule has 1 N–H and O–H groups in total. The van der Waals surface area contributed by atoms with Crippen molar-refractivity contribution in [2.75, 3.05) is 6.54 Å². The molecule has 0 heterocycles. The zero-order chi connectivity index (χ0) is 9.40. The maximum Gasteiger partial charge on any atom is 0.220 e. The molecule has 2 heteroatoms. The van der Waals surface area contributed by atoms with Crippen LogP contribution in [0.5, 0.6) is 0 Å². The molecule has 2 nitrogen and oxygen atoms in total. The second kappa shape index (κ2) is 6.89. The first-order valence-electron chi connectivity index (χ1n) is 4.58. The molecule has 0 aromatic rings. The quantitative estimate of drug-likeness (QED) is 0.479. The molecular weight excluding hydrogens is 150 g/mol. The number of hydrogen-bond donors (Lipinski definition) is 1. The largest absolute Gasteiger partial charge is 0.356 e. The van der Waals surface area contributed by atoms with Gasteiger partial charge in [-0.25, -0.2) is 0 Å². The molecule has 0 spiro atoms. The zero-order valence-electron chi connectivity index (χ0n) is 8.10. The Kier molecular flexibility index (Phi) is 6.44. The monoisotopic (exact) mass is 169 g/mol. The summed E-state index contributed by atoms with van der Waals surface area (Å²) >= 11 is 0. The number of nitrogens with one attached hydrogen (secondary N) is 1. The number of amides is 1. The lowest BCUT2D eigenvalue weighted by Crippen LogP contribution is -2.25. The van der Waals surface area contributed by atoms with Gasteiger partial charge in [0.25, 0.3) is 0 Å². The molecule has 1 atom stereocenters. The molecule has 0 radical (unpaired) electrons. The fourth-order valence-corrected chi connectivity index (χ4v) is 0.847. The molecule has 0 aliphatic rings. The Morgan fingerprint density at radius 2 is 2.33 bits per heavy atom. The van der Waals surface area contributed by atoms with Gasteiger partial charge in [-0.1, -0.05) is 26.3 Å². The zero-order valence-corrected chi connectivity index (χ0v) is 8.10. The Morgan fingerprint density at radius 3 is 2.83 bits per heavy atom. The third-order valence-corrected chi connectivity index (χ3v) is 1.90. The lowest BCUT2D eigenvalue weighted by Gasteiger charge is -2.07. The van der Waals surface area contributed by atoms with Gasteiger partial charge in [-0.3, -0.25) is 4.79 Å². The van der Waals surface area contributed by atoms with E-state index in [1.807, 2.05) is 6.08 Å². The average Bonchev–Trinajstić information content (AvgIpc) is 2.05. The minimum Gasteiger partial charge on any atom is -0.356 e. The maximum atomic E-state index is 11.1. The summed E-state index contributed by atoms with van der Waals surface area (Å²) in [5.41, 5.74) is 0. The topological polar surface area (TPSA) is 29.1 Å².